The average molecular weight is 225 g/mol. The van der Waals surface area contributed by atoms with Crippen LogP contribution in [-0.2, 0) is 9.63 Å². The van der Waals surface area contributed by atoms with Crippen molar-refractivity contribution in [1.82, 2.24) is 5.48 Å². The van der Waals surface area contributed by atoms with Crippen molar-refractivity contribution in [3.05, 3.63) is 42.7 Å². The molecule has 0 aliphatic carbocycles. The van der Waals surface area contributed by atoms with Gasteiger partial charge in [0.25, 0.3) is 0 Å². The molecule has 6 heteroatoms. The fourth-order valence-corrected chi connectivity index (χ4v) is 0.782. The van der Waals surface area contributed by atoms with Crippen LogP contribution in [0.4, 0.5) is 9.18 Å². The molecule has 0 spiro atoms. The smallest absolute Gasteiger partial charge is 0.405 e. The number of hydrogen-bond donors (Lipinski definition) is 1. The Bertz CT molecular complexity index is 419. The molecule has 0 saturated carbocycles. The third-order valence-corrected chi connectivity index (χ3v) is 1.44. The number of nitrogens with one attached hydrogen (secondary N) is 1. The summed E-state index contributed by atoms with van der Waals surface area (Å²) >= 11 is 0. The van der Waals surface area contributed by atoms with Crippen LogP contribution in [0.25, 0.3) is 0 Å². The molecule has 1 amide bonds. The summed E-state index contributed by atoms with van der Waals surface area (Å²) in [5, 5.41) is 0. The van der Waals surface area contributed by atoms with Crippen LogP contribution in [0, 0.1) is 5.82 Å². The van der Waals surface area contributed by atoms with Crippen molar-refractivity contribution in [2.45, 2.75) is 0 Å². The highest BCUT2D eigenvalue weighted by Crippen LogP contribution is 2.15. The van der Waals surface area contributed by atoms with Gasteiger partial charge in [0.15, 0.2) is 11.6 Å². The van der Waals surface area contributed by atoms with E-state index in [2.05, 4.69) is 16.2 Å². The molecule has 0 bridgehead atoms. The Morgan fingerprint density at radius 3 is 2.69 bits per heavy atom. The monoisotopic (exact) mass is 225 g/mol. The molecule has 0 aliphatic heterocycles. The Labute approximate surface area is 90.4 Å². The summed E-state index contributed by atoms with van der Waals surface area (Å²) in [6, 6.07) is 5.31. The van der Waals surface area contributed by atoms with Crippen molar-refractivity contribution in [2.24, 2.45) is 0 Å². The van der Waals surface area contributed by atoms with Crippen molar-refractivity contribution in [3.8, 4) is 5.75 Å². The summed E-state index contributed by atoms with van der Waals surface area (Å²) in [7, 11) is 0. The molecule has 16 heavy (non-hydrogen) atoms. The Balaban J connectivity index is 2.49. The van der Waals surface area contributed by atoms with Crippen LogP contribution in [0.5, 0.6) is 5.75 Å². The first kappa shape index (κ1) is 11.7. The van der Waals surface area contributed by atoms with E-state index in [1.807, 2.05) is 0 Å². The number of amides is 1. The normalized spacial score (nSPS) is 9.06. The number of rotatable bonds is 2. The molecule has 0 aliphatic rings. The molecule has 0 aromatic heterocycles. The number of hydrogen-bond acceptors (Lipinski definition) is 4. The Hall–Kier alpha value is -2.37. The van der Waals surface area contributed by atoms with Crippen LogP contribution in [0.2, 0.25) is 0 Å². The minimum Gasteiger partial charge on any atom is -0.405 e. The lowest BCUT2D eigenvalue weighted by Gasteiger charge is -2.05. The van der Waals surface area contributed by atoms with Gasteiger partial charge in [-0.05, 0) is 12.1 Å². The second-order valence-corrected chi connectivity index (χ2v) is 2.55. The highest BCUT2D eigenvalue weighted by molar-refractivity contribution is 5.82. The summed E-state index contributed by atoms with van der Waals surface area (Å²) in [4.78, 5) is 25.7. The van der Waals surface area contributed by atoms with Gasteiger partial charge in [-0.1, -0.05) is 18.7 Å². The van der Waals surface area contributed by atoms with E-state index < -0.39 is 17.9 Å². The topological polar surface area (TPSA) is 64.6 Å². The number of carbonyl (C=O) groups is 2. The average Bonchev–Trinajstić information content (AvgIpc) is 2.29. The molecule has 0 atom stereocenters. The van der Waals surface area contributed by atoms with Gasteiger partial charge in [-0.25, -0.2) is 14.0 Å². The Morgan fingerprint density at radius 1 is 1.38 bits per heavy atom. The first-order valence-electron chi connectivity index (χ1n) is 4.19. The predicted octanol–water partition coefficient (Wildman–Crippen LogP) is 1.56. The first-order chi connectivity index (χ1) is 7.63. The zero-order valence-corrected chi connectivity index (χ0v) is 8.10. The van der Waals surface area contributed by atoms with Crippen LogP contribution in [0.1, 0.15) is 0 Å². The zero-order valence-electron chi connectivity index (χ0n) is 8.10. The third kappa shape index (κ3) is 3.41. The van der Waals surface area contributed by atoms with E-state index in [-0.39, 0.29) is 5.75 Å². The highest BCUT2D eigenvalue weighted by Gasteiger charge is 2.09. The van der Waals surface area contributed by atoms with Gasteiger partial charge in [-0.15, -0.1) is 5.48 Å². The lowest BCUT2D eigenvalue weighted by molar-refractivity contribution is -0.143. The molecule has 0 heterocycles. The molecule has 1 aromatic carbocycles. The van der Waals surface area contributed by atoms with Gasteiger partial charge < -0.3 is 9.57 Å². The van der Waals surface area contributed by atoms with Gasteiger partial charge in [-0.3, -0.25) is 0 Å². The van der Waals surface area contributed by atoms with E-state index >= 15 is 0 Å². The molecular formula is C10H8FNO4. The maximum Gasteiger partial charge on any atom is 0.446 e. The summed E-state index contributed by atoms with van der Waals surface area (Å²) in [5.41, 5.74) is 1.66. The molecule has 84 valence electrons. The van der Waals surface area contributed by atoms with Crippen LogP contribution in [0.15, 0.2) is 36.9 Å². The lowest BCUT2D eigenvalue weighted by atomic mass is 10.3. The second kappa shape index (κ2) is 5.50. The quantitative estimate of drug-likeness (QED) is 0.612. The molecule has 0 unspecified atom stereocenters. The van der Waals surface area contributed by atoms with Crippen molar-refractivity contribution in [3.63, 3.8) is 0 Å². The molecule has 1 rings (SSSR count). The van der Waals surface area contributed by atoms with Gasteiger partial charge in [0.2, 0.25) is 0 Å². The number of ether oxygens (including phenoxy) is 1. The number of benzene rings is 1. The van der Waals surface area contributed by atoms with Crippen LogP contribution in [0.3, 0.4) is 0 Å². The minimum absolute atomic E-state index is 0.269. The van der Waals surface area contributed by atoms with E-state index in [0.29, 0.717) is 0 Å². The highest BCUT2D eigenvalue weighted by atomic mass is 19.1. The van der Waals surface area contributed by atoms with Gasteiger partial charge >= 0.3 is 12.1 Å². The summed E-state index contributed by atoms with van der Waals surface area (Å²) in [5.74, 6) is -1.83. The number of carbonyl (C=O) groups excluding carboxylic acids is 2. The number of hydroxylamine groups is 1. The Morgan fingerprint density at radius 2 is 2.06 bits per heavy atom. The second-order valence-electron chi connectivity index (χ2n) is 2.55. The van der Waals surface area contributed by atoms with Crippen molar-refractivity contribution in [1.29, 1.82) is 0 Å². The van der Waals surface area contributed by atoms with Crippen molar-refractivity contribution < 1.29 is 23.6 Å². The van der Waals surface area contributed by atoms with Crippen LogP contribution in [-0.4, -0.2) is 12.1 Å². The maximum atomic E-state index is 13.0. The molecular weight excluding hydrogens is 217 g/mol. The van der Waals surface area contributed by atoms with E-state index in [0.717, 1.165) is 12.1 Å². The summed E-state index contributed by atoms with van der Waals surface area (Å²) in [6.07, 6.45) is -0.260. The van der Waals surface area contributed by atoms with E-state index in [9.17, 15) is 14.0 Å². The Kier molecular flexibility index (Phi) is 4.02. The number of halogens is 1. The third-order valence-electron chi connectivity index (χ3n) is 1.44. The zero-order chi connectivity index (χ0) is 12.0. The maximum absolute atomic E-state index is 13.0. The molecule has 0 fully saturated rings. The lowest BCUT2D eigenvalue weighted by Crippen LogP contribution is -2.29. The van der Waals surface area contributed by atoms with Crippen molar-refractivity contribution in [2.75, 3.05) is 0 Å². The summed E-state index contributed by atoms with van der Waals surface area (Å²) < 4.78 is 17.5. The molecule has 0 saturated heterocycles. The fraction of sp³-hybridized carbons (Fsp3) is 0. The van der Waals surface area contributed by atoms with Gasteiger partial charge in [0.1, 0.15) is 0 Å². The predicted molar refractivity (Wildman–Crippen MR) is 51.8 cm³/mol. The van der Waals surface area contributed by atoms with Crippen molar-refractivity contribution >= 4 is 12.1 Å². The molecule has 5 nitrogen and oxygen atoms in total. The number of para-hydroxylation sites is 1. The van der Waals surface area contributed by atoms with E-state index in [1.165, 1.54) is 18.2 Å². The minimum atomic E-state index is -1.11. The van der Waals surface area contributed by atoms with Gasteiger partial charge in [-0.2, -0.15) is 0 Å². The molecule has 1 N–H and O–H groups in total. The standard InChI is InChI=1S/C10H8FNO4/c1-2-9(13)16-12-10(14)15-8-6-4-3-5-7(8)11/h2-6H,1H2,(H,12,14). The van der Waals surface area contributed by atoms with Crippen LogP contribution < -0.4 is 10.2 Å². The van der Waals surface area contributed by atoms with E-state index in [1.54, 1.807) is 5.48 Å². The SMILES string of the molecule is C=CC(=O)ONC(=O)Oc1ccccc1F. The first-order valence-corrected chi connectivity index (χ1v) is 4.19. The molecule has 1 aromatic rings. The van der Waals surface area contributed by atoms with Gasteiger partial charge in [0.05, 0.1) is 0 Å². The molecule has 0 radical (unpaired) electrons. The largest absolute Gasteiger partial charge is 0.446 e. The summed E-state index contributed by atoms with van der Waals surface area (Å²) in [6.45, 7) is 3.11. The van der Waals surface area contributed by atoms with E-state index in [4.69, 9.17) is 0 Å². The van der Waals surface area contributed by atoms with Gasteiger partial charge in [0, 0.05) is 6.08 Å². The fourth-order valence-electron chi connectivity index (χ4n) is 0.782. The van der Waals surface area contributed by atoms with Crippen LogP contribution >= 0.6 is 0 Å².